The Morgan fingerprint density at radius 3 is 2.94 bits per heavy atom. The topological polar surface area (TPSA) is 37.0 Å². The fraction of sp³-hybridized carbons (Fsp3) is 0.615. The molecule has 1 aromatic rings. The van der Waals surface area contributed by atoms with Crippen LogP contribution in [0.3, 0.4) is 0 Å². The van der Waals surface area contributed by atoms with E-state index in [0.29, 0.717) is 12.0 Å². The van der Waals surface area contributed by atoms with E-state index in [0.717, 1.165) is 18.9 Å². The highest BCUT2D eigenvalue weighted by atomic mass is 15.1. The summed E-state index contributed by atoms with van der Waals surface area (Å²) in [5.74, 6) is 1.58. The van der Waals surface area contributed by atoms with Crippen LogP contribution in [-0.4, -0.2) is 24.1 Å². The normalized spacial score (nSPS) is 20.4. The molecule has 16 heavy (non-hydrogen) atoms. The zero-order chi connectivity index (χ0) is 11.5. The third-order valence-corrected chi connectivity index (χ3v) is 3.18. The van der Waals surface area contributed by atoms with Crippen molar-refractivity contribution in [3.8, 4) is 0 Å². The Hall–Kier alpha value is -1.09. The number of pyridine rings is 1. The van der Waals surface area contributed by atoms with Gasteiger partial charge >= 0.3 is 0 Å². The molecule has 3 heteroatoms. The maximum atomic E-state index is 4.45. The summed E-state index contributed by atoms with van der Waals surface area (Å²) in [6.07, 6.45) is 3.16. The molecule has 1 aliphatic heterocycles. The lowest BCUT2D eigenvalue weighted by Gasteiger charge is -2.15. The number of hydrogen-bond acceptors (Lipinski definition) is 3. The lowest BCUT2D eigenvalue weighted by molar-refractivity contribution is 0.784. The van der Waals surface area contributed by atoms with Crippen LogP contribution in [0.1, 0.15) is 37.3 Å². The minimum absolute atomic E-state index is 0.537. The van der Waals surface area contributed by atoms with E-state index in [-0.39, 0.29) is 0 Å². The molecule has 3 nitrogen and oxygen atoms in total. The summed E-state index contributed by atoms with van der Waals surface area (Å²) in [6.45, 7) is 8.74. The summed E-state index contributed by atoms with van der Waals surface area (Å²) in [5.41, 5.74) is 2.67. The van der Waals surface area contributed by atoms with Gasteiger partial charge < -0.3 is 10.6 Å². The van der Waals surface area contributed by atoms with Crippen molar-refractivity contribution in [2.45, 2.75) is 39.2 Å². The second-order valence-electron chi connectivity index (χ2n) is 4.91. The van der Waals surface area contributed by atoms with Crippen molar-refractivity contribution in [2.24, 2.45) is 0 Å². The lowest BCUT2D eigenvalue weighted by atomic mass is 10.00. The Balaban J connectivity index is 2.12. The predicted octanol–water partition coefficient (Wildman–Crippen LogP) is 2.29. The van der Waals surface area contributed by atoms with Crippen molar-refractivity contribution in [3.63, 3.8) is 0 Å². The van der Waals surface area contributed by atoms with Crippen LogP contribution in [0, 0.1) is 6.92 Å². The van der Waals surface area contributed by atoms with Gasteiger partial charge in [-0.2, -0.15) is 0 Å². The molecule has 1 atom stereocenters. The number of aryl methyl sites for hydroxylation is 1. The second-order valence-corrected chi connectivity index (χ2v) is 4.91. The number of nitrogens with one attached hydrogen (secondary N) is 2. The highest BCUT2D eigenvalue weighted by Gasteiger charge is 2.15. The Morgan fingerprint density at radius 1 is 1.50 bits per heavy atom. The van der Waals surface area contributed by atoms with Crippen molar-refractivity contribution in [1.82, 2.24) is 10.3 Å². The van der Waals surface area contributed by atoms with Crippen LogP contribution < -0.4 is 10.6 Å². The van der Waals surface area contributed by atoms with Crippen LogP contribution in [0.15, 0.2) is 12.3 Å². The van der Waals surface area contributed by atoms with Gasteiger partial charge in [-0.1, -0.05) is 13.8 Å². The van der Waals surface area contributed by atoms with Gasteiger partial charge in [0, 0.05) is 18.8 Å². The minimum Gasteiger partial charge on any atom is -0.366 e. The molecule has 1 fully saturated rings. The maximum Gasteiger partial charge on any atom is 0.126 e. The van der Waals surface area contributed by atoms with Crippen LogP contribution >= 0.6 is 0 Å². The van der Waals surface area contributed by atoms with E-state index in [1.54, 1.807) is 0 Å². The van der Waals surface area contributed by atoms with Gasteiger partial charge in [0.15, 0.2) is 0 Å². The van der Waals surface area contributed by atoms with Gasteiger partial charge in [-0.15, -0.1) is 0 Å². The molecule has 0 radical (unpaired) electrons. The molecule has 2 rings (SSSR count). The average Bonchev–Trinajstić information content (AvgIpc) is 2.73. The Bertz CT molecular complexity index is 354. The van der Waals surface area contributed by atoms with Gasteiger partial charge in [-0.25, -0.2) is 4.98 Å². The summed E-state index contributed by atoms with van der Waals surface area (Å²) in [5, 5.41) is 6.84. The minimum atomic E-state index is 0.537. The van der Waals surface area contributed by atoms with E-state index >= 15 is 0 Å². The fourth-order valence-electron chi connectivity index (χ4n) is 2.23. The summed E-state index contributed by atoms with van der Waals surface area (Å²) in [4.78, 5) is 4.45. The van der Waals surface area contributed by atoms with E-state index < -0.39 is 0 Å². The van der Waals surface area contributed by atoms with E-state index in [1.165, 1.54) is 17.5 Å². The molecule has 0 saturated carbocycles. The van der Waals surface area contributed by atoms with Crippen LogP contribution in [0.2, 0.25) is 0 Å². The molecule has 0 aromatic carbocycles. The van der Waals surface area contributed by atoms with E-state index in [4.69, 9.17) is 0 Å². The molecule has 1 aliphatic rings. The number of rotatable bonds is 3. The van der Waals surface area contributed by atoms with Crippen LogP contribution in [-0.2, 0) is 0 Å². The van der Waals surface area contributed by atoms with Crippen molar-refractivity contribution >= 4 is 5.82 Å². The van der Waals surface area contributed by atoms with Gasteiger partial charge in [0.25, 0.3) is 0 Å². The second kappa shape index (κ2) is 4.83. The summed E-state index contributed by atoms with van der Waals surface area (Å²) < 4.78 is 0. The van der Waals surface area contributed by atoms with E-state index in [9.17, 15) is 0 Å². The van der Waals surface area contributed by atoms with Crippen LogP contribution in [0.25, 0.3) is 0 Å². The fourth-order valence-corrected chi connectivity index (χ4v) is 2.23. The van der Waals surface area contributed by atoms with Crippen LogP contribution in [0.4, 0.5) is 5.82 Å². The molecule has 1 aromatic heterocycles. The SMILES string of the molecule is Cc1cnc(NC2CCNC2)cc1C(C)C. The molecule has 2 N–H and O–H groups in total. The zero-order valence-corrected chi connectivity index (χ0v) is 10.4. The van der Waals surface area contributed by atoms with Gasteiger partial charge in [0.1, 0.15) is 5.82 Å². The monoisotopic (exact) mass is 219 g/mol. The number of aromatic nitrogens is 1. The van der Waals surface area contributed by atoms with Gasteiger partial charge in [-0.05, 0) is 43.0 Å². The Labute approximate surface area is 97.7 Å². The zero-order valence-electron chi connectivity index (χ0n) is 10.4. The highest BCUT2D eigenvalue weighted by molar-refractivity contribution is 5.43. The molecule has 88 valence electrons. The number of nitrogens with zero attached hydrogens (tertiary/aromatic N) is 1. The highest BCUT2D eigenvalue weighted by Crippen LogP contribution is 2.21. The quantitative estimate of drug-likeness (QED) is 0.819. The van der Waals surface area contributed by atoms with Crippen molar-refractivity contribution in [3.05, 3.63) is 23.4 Å². The molecule has 0 aliphatic carbocycles. The molecule has 0 spiro atoms. The first-order valence-electron chi connectivity index (χ1n) is 6.10. The first-order chi connectivity index (χ1) is 7.66. The van der Waals surface area contributed by atoms with Crippen molar-refractivity contribution in [2.75, 3.05) is 18.4 Å². The van der Waals surface area contributed by atoms with Crippen molar-refractivity contribution in [1.29, 1.82) is 0 Å². The van der Waals surface area contributed by atoms with Gasteiger partial charge in [0.05, 0.1) is 0 Å². The molecular formula is C13H21N3. The van der Waals surface area contributed by atoms with Gasteiger partial charge in [-0.3, -0.25) is 0 Å². The Morgan fingerprint density at radius 2 is 2.31 bits per heavy atom. The molecule has 1 saturated heterocycles. The van der Waals surface area contributed by atoms with Crippen LogP contribution in [0.5, 0.6) is 0 Å². The summed E-state index contributed by atoms with van der Waals surface area (Å²) >= 11 is 0. The predicted molar refractivity (Wildman–Crippen MR) is 68.0 cm³/mol. The molecule has 0 bridgehead atoms. The average molecular weight is 219 g/mol. The van der Waals surface area contributed by atoms with E-state index in [1.807, 2.05) is 6.20 Å². The largest absolute Gasteiger partial charge is 0.366 e. The third kappa shape index (κ3) is 2.53. The number of hydrogen-bond donors (Lipinski definition) is 2. The molecular weight excluding hydrogens is 198 g/mol. The van der Waals surface area contributed by atoms with Gasteiger partial charge in [0.2, 0.25) is 0 Å². The smallest absolute Gasteiger partial charge is 0.126 e. The number of anilines is 1. The van der Waals surface area contributed by atoms with Crippen molar-refractivity contribution < 1.29 is 0 Å². The molecule has 1 unspecified atom stereocenters. The Kier molecular flexibility index (Phi) is 3.44. The molecule has 2 heterocycles. The first kappa shape index (κ1) is 11.4. The first-order valence-corrected chi connectivity index (χ1v) is 6.10. The molecule has 0 amide bonds. The summed E-state index contributed by atoms with van der Waals surface area (Å²) in [6, 6.07) is 2.73. The standard InChI is InChI=1S/C13H21N3/c1-9(2)12-6-13(15-7-10(12)3)16-11-4-5-14-8-11/h6-7,9,11,14H,4-5,8H2,1-3H3,(H,15,16). The third-order valence-electron chi connectivity index (χ3n) is 3.18. The lowest BCUT2D eigenvalue weighted by Crippen LogP contribution is -2.22. The summed E-state index contributed by atoms with van der Waals surface area (Å²) in [7, 11) is 0. The maximum absolute atomic E-state index is 4.45. The van der Waals surface area contributed by atoms with E-state index in [2.05, 4.69) is 42.5 Å².